The average molecular weight is 550 g/mol. The fourth-order valence-electron chi connectivity index (χ4n) is 4.23. The monoisotopic (exact) mass is 549 g/mol. The quantitative estimate of drug-likeness (QED) is 0.399. The second-order valence-corrected chi connectivity index (χ2v) is 11.7. The molecule has 0 aliphatic heterocycles. The van der Waals surface area contributed by atoms with Crippen molar-refractivity contribution in [2.75, 3.05) is 23.4 Å². The highest BCUT2D eigenvalue weighted by molar-refractivity contribution is 8.00. The van der Waals surface area contributed by atoms with Crippen LogP contribution in [0.3, 0.4) is 0 Å². The number of nitrogens with one attached hydrogen (secondary N) is 1. The van der Waals surface area contributed by atoms with Crippen molar-refractivity contribution in [3.8, 4) is 0 Å². The predicted octanol–water partition coefficient (Wildman–Crippen LogP) is 5.02. The first kappa shape index (κ1) is 26.6. The van der Waals surface area contributed by atoms with Gasteiger partial charge in [0.1, 0.15) is 10.8 Å². The van der Waals surface area contributed by atoms with Gasteiger partial charge in [0.05, 0.1) is 33.9 Å². The number of thioether (sulfide) groups is 1. The number of benzene rings is 1. The third-order valence-electron chi connectivity index (χ3n) is 5.88. The first-order valence-corrected chi connectivity index (χ1v) is 14.6. The number of anilines is 1. The Kier molecular flexibility index (Phi) is 8.63. The summed E-state index contributed by atoms with van der Waals surface area (Å²) in [6, 6.07) is 4.50. The van der Waals surface area contributed by atoms with Crippen molar-refractivity contribution in [2.45, 2.75) is 46.6 Å². The van der Waals surface area contributed by atoms with Crippen LogP contribution in [-0.4, -0.2) is 40.5 Å². The van der Waals surface area contributed by atoms with E-state index in [2.05, 4.69) is 17.2 Å². The van der Waals surface area contributed by atoms with E-state index in [0.29, 0.717) is 27.8 Å². The number of aromatic nitrogens is 1. The summed E-state index contributed by atoms with van der Waals surface area (Å²) >= 11 is 3.86. The van der Waals surface area contributed by atoms with E-state index in [-0.39, 0.29) is 35.7 Å². The number of aryl methyl sites for hydroxylation is 1. The molecule has 192 valence electrons. The Morgan fingerprint density at radius 3 is 2.81 bits per heavy atom. The second-order valence-electron chi connectivity index (χ2n) is 8.56. The third-order valence-corrected chi connectivity index (χ3v) is 9.01. The Morgan fingerprint density at radius 2 is 2.06 bits per heavy atom. The molecule has 7 nitrogen and oxygen atoms in total. The van der Waals surface area contributed by atoms with Gasteiger partial charge in [-0.1, -0.05) is 18.3 Å². The smallest absolute Gasteiger partial charge is 0.341 e. The molecular weight excluding hydrogens is 521 g/mol. The third kappa shape index (κ3) is 5.90. The Labute approximate surface area is 220 Å². The molecule has 1 aromatic carbocycles. The van der Waals surface area contributed by atoms with Crippen LogP contribution in [0.5, 0.6) is 0 Å². The number of thiazole rings is 1. The topological polar surface area (TPSA) is 89.8 Å². The van der Waals surface area contributed by atoms with Gasteiger partial charge in [0.25, 0.3) is 5.91 Å². The van der Waals surface area contributed by atoms with Crippen molar-refractivity contribution >= 4 is 67.4 Å². The molecule has 36 heavy (non-hydrogen) atoms. The minimum absolute atomic E-state index is 0.0307. The van der Waals surface area contributed by atoms with E-state index in [4.69, 9.17) is 4.74 Å². The number of amides is 2. The van der Waals surface area contributed by atoms with Crippen LogP contribution in [0.25, 0.3) is 10.2 Å². The maximum absolute atomic E-state index is 13.6. The van der Waals surface area contributed by atoms with Crippen molar-refractivity contribution in [2.24, 2.45) is 10.9 Å². The molecule has 2 heterocycles. The van der Waals surface area contributed by atoms with E-state index < -0.39 is 5.97 Å². The van der Waals surface area contributed by atoms with Gasteiger partial charge in [-0.3, -0.25) is 9.59 Å². The van der Waals surface area contributed by atoms with Crippen LogP contribution in [-0.2, 0) is 33.7 Å². The van der Waals surface area contributed by atoms with E-state index in [1.165, 1.54) is 34.8 Å². The summed E-state index contributed by atoms with van der Waals surface area (Å²) in [5.41, 5.74) is 2.28. The number of ether oxygens (including phenoxy) is 1. The maximum Gasteiger partial charge on any atom is 0.341 e. The Balaban J connectivity index is 1.41. The molecule has 1 aliphatic carbocycles. The summed E-state index contributed by atoms with van der Waals surface area (Å²) in [4.78, 5) is 43.6. The van der Waals surface area contributed by atoms with Gasteiger partial charge < -0.3 is 14.6 Å². The van der Waals surface area contributed by atoms with E-state index in [1.807, 2.05) is 11.5 Å². The molecule has 4 rings (SSSR count). The Morgan fingerprint density at radius 1 is 1.25 bits per heavy atom. The molecular formula is C25H28FN3O4S3. The van der Waals surface area contributed by atoms with Crippen molar-refractivity contribution in [3.63, 3.8) is 0 Å². The standard InChI is InChI=1S/C25H28FN3O4S3/c1-4-29-17-9-7-15(26)11-19(17)36-25(29)28-21(31)13-34-12-20(30)27-23-22(24(32)33-5-2)16-8-6-14(3)10-18(16)35-23/h7,9,11,14H,4-6,8,10,12-13H2,1-3H3,(H,27,30). The largest absolute Gasteiger partial charge is 0.462 e. The van der Waals surface area contributed by atoms with E-state index >= 15 is 0 Å². The van der Waals surface area contributed by atoms with Gasteiger partial charge in [0.2, 0.25) is 5.91 Å². The molecule has 1 unspecified atom stereocenters. The number of esters is 1. The number of fused-ring (bicyclic) bond motifs is 2. The van der Waals surface area contributed by atoms with Crippen LogP contribution < -0.4 is 10.1 Å². The Hall–Kier alpha value is -2.50. The van der Waals surface area contributed by atoms with Crippen LogP contribution >= 0.6 is 34.4 Å². The van der Waals surface area contributed by atoms with Crippen molar-refractivity contribution in [1.29, 1.82) is 0 Å². The zero-order valence-corrected chi connectivity index (χ0v) is 22.8. The number of carbonyl (C=O) groups excluding carboxylic acids is 3. The van der Waals surface area contributed by atoms with Gasteiger partial charge >= 0.3 is 5.97 Å². The van der Waals surface area contributed by atoms with Crippen molar-refractivity contribution in [3.05, 3.63) is 44.8 Å². The molecule has 0 spiro atoms. The molecule has 0 saturated heterocycles. The molecule has 0 fully saturated rings. The molecule has 1 aliphatic rings. The van der Waals surface area contributed by atoms with E-state index in [9.17, 15) is 18.8 Å². The maximum atomic E-state index is 13.6. The van der Waals surface area contributed by atoms with Crippen molar-refractivity contribution in [1.82, 2.24) is 4.57 Å². The minimum Gasteiger partial charge on any atom is -0.462 e. The van der Waals surface area contributed by atoms with E-state index in [1.54, 1.807) is 13.0 Å². The van der Waals surface area contributed by atoms with Crippen LogP contribution in [0, 0.1) is 11.7 Å². The Bertz CT molecular complexity index is 1370. The van der Waals surface area contributed by atoms with Gasteiger partial charge in [-0.05, 0) is 62.8 Å². The molecule has 0 radical (unpaired) electrons. The number of nitrogens with zero attached hydrogens (tertiary/aromatic N) is 2. The number of halogens is 1. The molecule has 1 N–H and O–H groups in total. The number of thiophene rings is 1. The molecule has 2 aromatic heterocycles. The van der Waals surface area contributed by atoms with E-state index in [0.717, 1.165) is 51.7 Å². The first-order chi connectivity index (χ1) is 17.3. The number of carbonyl (C=O) groups is 3. The lowest BCUT2D eigenvalue weighted by Gasteiger charge is -2.18. The number of hydrogen-bond acceptors (Lipinski definition) is 7. The lowest BCUT2D eigenvalue weighted by Crippen LogP contribution is -2.19. The predicted molar refractivity (Wildman–Crippen MR) is 143 cm³/mol. The zero-order valence-electron chi connectivity index (χ0n) is 20.4. The van der Waals surface area contributed by atoms with Gasteiger partial charge in [0, 0.05) is 11.4 Å². The van der Waals surface area contributed by atoms with Crippen molar-refractivity contribution < 1.29 is 23.5 Å². The normalized spacial score (nSPS) is 15.7. The van der Waals surface area contributed by atoms with Crippen LogP contribution in [0.1, 0.15) is 48.0 Å². The minimum atomic E-state index is -0.408. The van der Waals surface area contributed by atoms with Crippen LogP contribution in [0.15, 0.2) is 23.2 Å². The fraction of sp³-hybridized carbons (Fsp3) is 0.440. The van der Waals surface area contributed by atoms with Gasteiger partial charge in [-0.2, -0.15) is 4.99 Å². The highest BCUT2D eigenvalue weighted by atomic mass is 32.2. The van der Waals surface area contributed by atoms with Gasteiger partial charge in [-0.15, -0.1) is 23.1 Å². The lowest BCUT2D eigenvalue weighted by atomic mass is 9.88. The lowest BCUT2D eigenvalue weighted by molar-refractivity contribution is -0.115. The summed E-state index contributed by atoms with van der Waals surface area (Å²) in [5, 5.41) is 3.39. The summed E-state index contributed by atoms with van der Waals surface area (Å²) in [5.74, 6) is -0.781. The van der Waals surface area contributed by atoms with Crippen LogP contribution in [0.2, 0.25) is 0 Å². The molecule has 3 aromatic rings. The SMILES string of the molecule is CCOC(=O)c1c(NC(=O)CSCC(=O)N=c2sc3cc(F)ccc3n2CC)sc2c1CCC(C)C2. The van der Waals surface area contributed by atoms with Crippen LogP contribution in [0.4, 0.5) is 9.39 Å². The summed E-state index contributed by atoms with van der Waals surface area (Å²) < 4.78 is 21.4. The molecule has 0 saturated carbocycles. The average Bonchev–Trinajstić information content (AvgIpc) is 3.34. The number of hydrogen-bond donors (Lipinski definition) is 1. The fourth-order valence-corrected chi connectivity index (χ4v) is 7.38. The molecule has 0 bridgehead atoms. The molecule has 2 amide bonds. The zero-order chi connectivity index (χ0) is 25.8. The number of rotatable bonds is 8. The van der Waals surface area contributed by atoms with Gasteiger partial charge in [-0.25, -0.2) is 9.18 Å². The second kappa shape index (κ2) is 11.7. The highest BCUT2D eigenvalue weighted by Crippen LogP contribution is 2.40. The van der Waals surface area contributed by atoms with Gasteiger partial charge in [0.15, 0.2) is 4.80 Å². The summed E-state index contributed by atoms with van der Waals surface area (Å²) in [6.07, 6.45) is 2.68. The molecule has 1 atom stereocenters. The summed E-state index contributed by atoms with van der Waals surface area (Å²) in [7, 11) is 0. The highest BCUT2D eigenvalue weighted by Gasteiger charge is 2.29. The molecule has 11 heteroatoms. The summed E-state index contributed by atoms with van der Waals surface area (Å²) in [6.45, 7) is 6.74. The first-order valence-electron chi connectivity index (χ1n) is 11.9.